The molecule has 4 nitrogen and oxygen atoms in total. The van der Waals surface area contributed by atoms with Crippen LogP contribution in [0, 0.1) is 11.3 Å². The predicted molar refractivity (Wildman–Crippen MR) is 107 cm³/mol. The van der Waals surface area contributed by atoms with E-state index in [0.29, 0.717) is 23.0 Å². The normalized spacial score (nSPS) is 16.1. The molecule has 134 valence electrons. The van der Waals surface area contributed by atoms with Gasteiger partial charge in [0, 0.05) is 19.2 Å². The molecule has 1 saturated heterocycles. The number of ether oxygens (including phenoxy) is 1. The van der Waals surface area contributed by atoms with Crippen LogP contribution in [0.5, 0.6) is 5.88 Å². The zero-order chi connectivity index (χ0) is 18.6. The summed E-state index contributed by atoms with van der Waals surface area (Å²) < 4.78 is 5.96. The number of benzene rings is 2. The Balaban J connectivity index is 1.52. The van der Waals surface area contributed by atoms with Gasteiger partial charge in [-0.25, -0.2) is 4.98 Å². The zero-order valence-electron chi connectivity index (χ0n) is 14.7. The van der Waals surface area contributed by atoms with Gasteiger partial charge in [-0.1, -0.05) is 48.0 Å². The van der Waals surface area contributed by atoms with Crippen molar-refractivity contribution in [2.45, 2.75) is 12.5 Å². The molecule has 0 saturated carbocycles. The second kappa shape index (κ2) is 7.69. The average Bonchev–Trinajstić information content (AvgIpc) is 3.18. The minimum absolute atomic E-state index is 0.00209. The van der Waals surface area contributed by atoms with E-state index in [2.05, 4.69) is 22.0 Å². The van der Waals surface area contributed by atoms with Crippen LogP contribution in [0.1, 0.15) is 12.0 Å². The number of aromatic nitrogens is 1. The summed E-state index contributed by atoms with van der Waals surface area (Å²) >= 11 is 6.14. The maximum absolute atomic E-state index is 9.65. The van der Waals surface area contributed by atoms with Gasteiger partial charge in [-0.15, -0.1) is 0 Å². The summed E-state index contributed by atoms with van der Waals surface area (Å²) in [5.74, 6) is 0.464. The van der Waals surface area contributed by atoms with E-state index in [4.69, 9.17) is 16.3 Å². The zero-order valence-corrected chi connectivity index (χ0v) is 15.4. The number of rotatable bonds is 4. The van der Waals surface area contributed by atoms with E-state index in [1.807, 2.05) is 42.5 Å². The smallest absolute Gasteiger partial charge is 0.232 e. The van der Waals surface area contributed by atoms with Crippen molar-refractivity contribution in [3.63, 3.8) is 0 Å². The van der Waals surface area contributed by atoms with Crippen LogP contribution >= 0.6 is 11.6 Å². The molecule has 0 N–H and O–H groups in total. The van der Waals surface area contributed by atoms with Crippen molar-refractivity contribution in [3.05, 3.63) is 77.4 Å². The minimum atomic E-state index is -0.00209. The number of pyridine rings is 1. The Hall–Kier alpha value is -3.03. The fourth-order valence-corrected chi connectivity index (χ4v) is 3.54. The number of hydrogen-bond acceptors (Lipinski definition) is 4. The Bertz CT molecular complexity index is 984. The third-order valence-electron chi connectivity index (χ3n) is 4.71. The summed E-state index contributed by atoms with van der Waals surface area (Å²) in [5.41, 5.74) is 3.76. The van der Waals surface area contributed by atoms with Gasteiger partial charge in [0.15, 0.2) is 0 Å². The van der Waals surface area contributed by atoms with Crippen LogP contribution in [0.15, 0.2) is 66.9 Å². The molecule has 1 aliphatic rings. The van der Waals surface area contributed by atoms with E-state index in [9.17, 15) is 5.26 Å². The SMILES string of the molecule is N#Cc1cc(-c2ccccc2)ccc1N1CCC(Oc2ncccc2Cl)C1. The lowest BCUT2D eigenvalue weighted by Gasteiger charge is -2.21. The summed E-state index contributed by atoms with van der Waals surface area (Å²) in [5, 5.41) is 10.2. The van der Waals surface area contributed by atoms with Crippen molar-refractivity contribution in [2.24, 2.45) is 0 Å². The van der Waals surface area contributed by atoms with E-state index < -0.39 is 0 Å². The topological polar surface area (TPSA) is 49.2 Å². The van der Waals surface area contributed by atoms with Crippen LogP contribution < -0.4 is 9.64 Å². The van der Waals surface area contributed by atoms with Gasteiger partial charge in [0.25, 0.3) is 0 Å². The Morgan fingerprint density at radius 3 is 2.70 bits per heavy atom. The van der Waals surface area contributed by atoms with Crippen molar-refractivity contribution >= 4 is 17.3 Å². The summed E-state index contributed by atoms with van der Waals surface area (Å²) in [6.45, 7) is 1.53. The van der Waals surface area contributed by atoms with E-state index in [1.54, 1.807) is 18.3 Å². The standard InChI is InChI=1S/C22H18ClN3O/c23-20-7-4-11-25-22(20)27-19-10-12-26(15-19)21-9-8-17(13-18(21)14-24)16-5-2-1-3-6-16/h1-9,11,13,19H,10,12,15H2. The maximum Gasteiger partial charge on any atom is 0.232 e. The van der Waals surface area contributed by atoms with Gasteiger partial charge < -0.3 is 9.64 Å². The number of nitrogens with zero attached hydrogens (tertiary/aromatic N) is 3. The predicted octanol–water partition coefficient (Wildman–Crippen LogP) is 4.93. The lowest BCUT2D eigenvalue weighted by atomic mass is 10.0. The molecule has 0 amide bonds. The third kappa shape index (κ3) is 3.74. The molecule has 4 rings (SSSR count). The molecule has 1 fully saturated rings. The molecule has 0 radical (unpaired) electrons. The van der Waals surface area contributed by atoms with Gasteiger partial charge in [-0.3, -0.25) is 0 Å². The largest absolute Gasteiger partial charge is 0.471 e. The molecule has 0 aliphatic carbocycles. The molecule has 2 heterocycles. The number of anilines is 1. The highest BCUT2D eigenvalue weighted by molar-refractivity contribution is 6.31. The molecule has 1 aromatic heterocycles. The van der Waals surface area contributed by atoms with Gasteiger partial charge >= 0.3 is 0 Å². The second-order valence-corrected chi connectivity index (χ2v) is 6.88. The third-order valence-corrected chi connectivity index (χ3v) is 5.00. The molecular formula is C22H18ClN3O. The molecule has 1 aliphatic heterocycles. The first-order valence-electron chi connectivity index (χ1n) is 8.86. The van der Waals surface area contributed by atoms with Gasteiger partial charge in [0.1, 0.15) is 17.2 Å². The number of halogens is 1. The molecular weight excluding hydrogens is 358 g/mol. The number of nitriles is 1. The highest BCUT2D eigenvalue weighted by atomic mass is 35.5. The van der Waals surface area contributed by atoms with Crippen LogP contribution in [0.25, 0.3) is 11.1 Å². The van der Waals surface area contributed by atoms with Gasteiger partial charge in [0.2, 0.25) is 5.88 Å². The van der Waals surface area contributed by atoms with Crippen LogP contribution in [0.2, 0.25) is 5.02 Å². The van der Waals surface area contributed by atoms with Gasteiger partial charge in [0.05, 0.1) is 17.8 Å². The molecule has 27 heavy (non-hydrogen) atoms. The maximum atomic E-state index is 9.65. The van der Waals surface area contributed by atoms with Crippen molar-refractivity contribution in [1.29, 1.82) is 5.26 Å². The van der Waals surface area contributed by atoms with E-state index in [0.717, 1.165) is 29.8 Å². The van der Waals surface area contributed by atoms with Crippen molar-refractivity contribution < 1.29 is 4.74 Å². The van der Waals surface area contributed by atoms with Crippen LogP contribution in [-0.2, 0) is 0 Å². The quantitative estimate of drug-likeness (QED) is 0.648. The summed E-state index contributed by atoms with van der Waals surface area (Å²) in [7, 11) is 0. The number of hydrogen-bond donors (Lipinski definition) is 0. The van der Waals surface area contributed by atoms with Gasteiger partial charge in [-0.05, 0) is 35.4 Å². The molecule has 2 aromatic carbocycles. The van der Waals surface area contributed by atoms with Crippen molar-refractivity contribution in [2.75, 3.05) is 18.0 Å². The van der Waals surface area contributed by atoms with Gasteiger partial charge in [-0.2, -0.15) is 5.26 Å². The Labute approximate surface area is 163 Å². The van der Waals surface area contributed by atoms with Crippen molar-refractivity contribution in [3.8, 4) is 23.1 Å². The second-order valence-electron chi connectivity index (χ2n) is 6.47. The molecule has 0 spiro atoms. The summed E-state index contributed by atoms with van der Waals surface area (Å²) in [6, 6.07) is 22.0. The lowest BCUT2D eigenvalue weighted by molar-refractivity contribution is 0.216. The van der Waals surface area contributed by atoms with Crippen LogP contribution in [0.3, 0.4) is 0 Å². The summed E-state index contributed by atoms with van der Waals surface area (Å²) in [6.07, 6.45) is 2.53. The summed E-state index contributed by atoms with van der Waals surface area (Å²) in [4.78, 5) is 6.38. The first kappa shape index (κ1) is 17.4. The van der Waals surface area contributed by atoms with E-state index in [1.165, 1.54) is 0 Å². The highest BCUT2D eigenvalue weighted by Gasteiger charge is 2.26. The Morgan fingerprint density at radius 1 is 1.07 bits per heavy atom. The molecule has 5 heteroatoms. The van der Waals surface area contributed by atoms with E-state index in [-0.39, 0.29) is 6.10 Å². The van der Waals surface area contributed by atoms with Crippen LogP contribution in [0.4, 0.5) is 5.69 Å². The molecule has 0 bridgehead atoms. The fourth-order valence-electron chi connectivity index (χ4n) is 3.37. The fraction of sp³-hybridized carbons (Fsp3) is 0.182. The Morgan fingerprint density at radius 2 is 1.93 bits per heavy atom. The van der Waals surface area contributed by atoms with E-state index >= 15 is 0 Å². The van der Waals surface area contributed by atoms with Crippen LogP contribution in [-0.4, -0.2) is 24.2 Å². The first-order valence-corrected chi connectivity index (χ1v) is 9.24. The molecule has 3 aromatic rings. The Kier molecular flexibility index (Phi) is 4.95. The monoisotopic (exact) mass is 375 g/mol. The average molecular weight is 376 g/mol. The first-order chi connectivity index (χ1) is 13.2. The highest BCUT2D eigenvalue weighted by Crippen LogP contribution is 2.31. The lowest BCUT2D eigenvalue weighted by Crippen LogP contribution is -2.25. The molecule has 1 atom stereocenters. The molecule has 1 unspecified atom stereocenters. The van der Waals surface area contributed by atoms with Crippen molar-refractivity contribution in [1.82, 2.24) is 4.98 Å². The minimum Gasteiger partial charge on any atom is -0.471 e.